The second kappa shape index (κ2) is 7.85. The van der Waals surface area contributed by atoms with Gasteiger partial charge in [-0.15, -0.1) is 10.2 Å². The fraction of sp³-hybridized carbons (Fsp3) is 0.222. The second-order valence-corrected chi connectivity index (χ2v) is 6.77. The van der Waals surface area contributed by atoms with Crippen LogP contribution < -0.4 is 0 Å². The Morgan fingerprint density at radius 3 is 2.65 bits per heavy atom. The van der Waals surface area contributed by atoms with Crippen molar-refractivity contribution in [3.63, 3.8) is 0 Å². The van der Waals surface area contributed by atoms with Crippen LogP contribution in [-0.4, -0.2) is 38.1 Å². The van der Waals surface area contributed by atoms with Crippen molar-refractivity contribution in [2.75, 3.05) is 7.05 Å². The average Bonchev–Trinajstić information content (AvgIpc) is 3.06. The molecule has 0 saturated heterocycles. The molecule has 0 bridgehead atoms. The summed E-state index contributed by atoms with van der Waals surface area (Å²) in [5.74, 6) is 0.368. The molecule has 3 aromatic rings. The Morgan fingerprint density at radius 2 is 1.92 bits per heavy atom. The monoisotopic (exact) mass is 389 g/mol. The van der Waals surface area contributed by atoms with E-state index in [0.29, 0.717) is 22.4 Å². The van der Waals surface area contributed by atoms with E-state index in [1.165, 1.54) is 4.80 Å². The zero-order chi connectivity index (χ0) is 18.7. The summed E-state index contributed by atoms with van der Waals surface area (Å²) in [4.78, 5) is 15.3. The number of likely N-dealkylation sites (N-methyl/N-ethyl adjacent to an activating group) is 1. The summed E-state index contributed by atoms with van der Waals surface area (Å²) >= 11 is 11.9. The minimum Gasteiger partial charge on any atom is -0.340 e. The van der Waals surface area contributed by atoms with Crippen molar-refractivity contribution in [3.8, 4) is 11.4 Å². The van der Waals surface area contributed by atoms with Gasteiger partial charge in [0.1, 0.15) is 6.54 Å². The number of nitrogens with zero attached hydrogens (tertiary/aromatic N) is 5. The number of benzene rings is 2. The molecule has 0 aliphatic carbocycles. The van der Waals surface area contributed by atoms with Crippen LogP contribution >= 0.6 is 23.2 Å². The van der Waals surface area contributed by atoms with Crippen LogP contribution in [0.15, 0.2) is 42.5 Å². The molecule has 134 valence electrons. The summed E-state index contributed by atoms with van der Waals surface area (Å²) in [6.07, 6.45) is 0. The lowest BCUT2D eigenvalue weighted by Crippen LogP contribution is -2.30. The fourth-order valence-electron chi connectivity index (χ4n) is 2.48. The smallest absolute Gasteiger partial charge is 0.246 e. The molecule has 3 rings (SSSR count). The molecule has 1 aromatic heterocycles. The molecule has 1 heterocycles. The first-order valence-corrected chi connectivity index (χ1v) is 8.71. The van der Waals surface area contributed by atoms with Gasteiger partial charge >= 0.3 is 0 Å². The van der Waals surface area contributed by atoms with Crippen LogP contribution in [0.5, 0.6) is 0 Å². The number of tetrazole rings is 1. The van der Waals surface area contributed by atoms with Gasteiger partial charge in [0.2, 0.25) is 11.7 Å². The lowest BCUT2D eigenvalue weighted by Gasteiger charge is -2.17. The number of amides is 1. The highest BCUT2D eigenvalue weighted by atomic mass is 35.5. The van der Waals surface area contributed by atoms with Crippen LogP contribution in [0.1, 0.15) is 11.1 Å². The number of aromatic nitrogens is 4. The summed E-state index contributed by atoms with van der Waals surface area (Å²) < 4.78 is 0. The lowest BCUT2D eigenvalue weighted by atomic mass is 10.1. The number of carbonyl (C=O) groups excluding carboxylic acids is 1. The third-order valence-corrected chi connectivity index (χ3v) is 4.68. The van der Waals surface area contributed by atoms with Crippen molar-refractivity contribution in [2.45, 2.75) is 20.0 Å². The normalized spacial score (nSPS) is 10.8. The first kappa shape index (κ1) is 18.4. The van der Waals surface area contributed by atoms with Crippen molar-refractivity contribution in [1.82, 2.24) is 25.1 Å². The van der Waals surface area contributed by atoms with Gasteiger partial charge in [-0.3, -0.25) is 4.79 Å². The molecule has 0 radical (unpaired) electrons. The van der Waals surface area contributed by atoms with Gasteiger partial charge in [-0.2, -0.15) is 4.80 Å². The molecule has 0 N–H and O–H groups in total. The Kier molecular flexibility index (Phi) is 5.54. The number of rotatable bonds is 5. The first-order chi connectivity index (χ1) is 12.4. The fourth-order valence-corrected chi connectivity index (χ4v) is 2.80. The Morgan fingerprint density at radius 1 is 1.15 bits per heavy atom. The van der Waals surface area contributed by atoms with E-state index >= 15 is 0 Å². The third-order valence-electron chi connectivity index (χ3n) is 3.95. The van der Waals surface area contributed by atoms with Gasteiger partial charge in [-0.05, 0) is 35.4 Å². The minimum absolute atomic E-state index is 0.0106. The number of hydrogen-bond donors (Lipinski definition) is 0. The van der Waals surface area contributed by atoms with Crippen molar-refractivity contribution >= 4 is 29.1 Å². The van der Waals surface area contributed by atoms with Gasteiger partial charge in [0.25, 0.3) is 0 Å². The standard InChI is InChI=1S/C18H17Cl2N5O/c1-12-5-3-4-6-14(12)18-21-23-25(22-18)11-17(26)24(2)10-13-7-8-15(19)16(20)9-13/h3-9H,10-11H2,1-2H3. The number of carbonyl (C=O) groups is 1. The summed E-state index contributed by atoms with van der Waals surface area (Å²) in [6, 6.07) is 13.1. The van der Waals surface area contributed by atoms with Crippen LogP contribution in [0.4, 0.5) is 0 Å². The Bertz CT molecular complexity index is 941. The molecule has 0 unspecified atom stereocenters. The van der Waals surface area contributed by atoms with Crippen LogP contribution in [0, 0.1) is 6.92 Å². The average molecular weight is 390 g/mol. The van der Waals surface area contributed by atoms with E-state index in [-0.39, 0.29) is 12.5 Å². The minimum atomic E-state index is -0.134. The highest BCUT2D eigenvalue weighted by Crippen LogP contribution is 2.23. The quantitative estimate of drug-likeness (QED) is 0.668. The molecule has 1 amide bonds. The Hall–Kier alpha value is -2.44. The molecule has 8 heteroatoms. The van der Waals surface area contributed by atoms with Gasteiger partial charge < -0.3 is 4.90 Å². The maximum absolute atomic E-state index is 12.4. The van der Waals surface area contributed by atoms with E-state index in [4.69, 9.17) is 23.2 Å². The van der Waals surface area contributed by atoms with Crippen molar-refractivity contribution in [2.24, 2.45) is 0 Å². The van der Waals surface area contributed by atoms with Crippen LogP contribution in [-0.2, 0) is 17.9 Å². The van der Waals surface area contributed by atoms with E-state index in [1.54, 1.807) is 24.1 Å². The van der Waals surface area contributed by atoms with Crippen LogP contribution in [0.3, 0.4) is 0 Å². The largest absolute Gasteiger partial charge is 0.340 e. The molecule has 0 atom stereocenters. The maximum Gasteiger partial charge on any atom is 0.246 e. The first-order valence-electron chi connectivity index (χ1n) is 7.96. The summed E-state index contributed by atoms with van der Waals surface area (Å²) in [7, 11) is 1.71. The van der Waals surface area contributed by atoms with Gasteiger partial charge in [-0.1, -0.05) is 53.5 Å². The third kappa shape index (κ3) is 4.20. The number of halogens is 2. The summed E-state index contributed by atoms with van der Waals surface area (Å²) in [6.45, 7) is 2.40. The number of hydrogen-bond acceptors (Lipinski definition) is 4. The van der Waals surface area contributed by atoms with Gasteiger partial charge in [0, 0.05) is 19.2 Å². The molecule has 0 aliphatic heterocycles. The zero-order valence-corrected chi connectivity index (χ0v) is 15.9. The predicted molar refractivity (Wildman–Crippen MR) is 101 cm³/mol. The topological polar surface area (TPSA) is 63.9 Å². The van der Waals surface area contributed by atoms with E-state index in [0.717, 1.165) is 16.7 Å². The molecular formula is C18H17Cl2N5O. The second-order valence-electron chi connectivity index (χ2n) is 5.96. The molecule has 26 heavy (non-hydrogen) atoms. The van der Waals surface area contributed by atoms with E-state index in [2.05, 4.69) is 15.4 Å². The van der Waals surface area contributed by atoms with Crippen molar-refractivity contribution < 1.29 is 4.79 Å². The van der Waals surface area contributed by atoms with Gasteiger partial charge in [0.15, 0.2) is 0 Å². The van der Waals surface area contributed by atoms with Gasteiger partial charge in [0.05, 0.1) is 10.0 Å². The molecule has 0 aliphatic rings. The van der Waals surface area contributed by atoms with E-state index in [9.17, 15) is 4.79 Å². The van der Waals surface area contributed by atoms with Gasteiger partial charge in [-0.25, -0.2) is 0 Å². The highest BCUT2D eigenvalue weighted by molar-refractivity contribution is 6.42. The zero-order valence-electron chi connectivity index (χ0n) is 14.4. The molecule has 0 fully saturated rings. The Labute approximate surface area is 161 Å². The summed E-state index contributed by atoms with van der Waals surface area (Å²) in [5.41, 5.74) is 2.84. The van der Waals surface area contributed by atoms with Crippen molar-refractivity contribution in [3.05, 3.63) is 63.6 Å². The molecular weight excluding hydrogens is 373 g/mol. The van der Waals surface area contributed by atoms with Crippen molar-refractivity contribution in [1.29, 1.82) is 0 Å². The van der Waals surface area contributed by atoms with E-state index < -0.39 is 0 Å². The molecule has 0 saturated carbocycles. The maximum atomic E-state index is 12.4. The van der Waals surface area contributed by atoms with Crippen LogP contribution in [0.2, 0.25) is 10.0 Å². The summed E-state index contributed by atoms with van der Waals surface area (Å²) in [5, 5.41) is 13.3. The number of aryl methyl sites for hydroxylation is 1. The predicted octanol–water partition coefficient (Wildman–Crippen LogP) is 3.61. The molecule has 6 nitrogen and oxygen atoms in total. The molecule has 2 aromatic carbocycles. The highest BCUT2D eigenvalue weighted by Gasteiger charge is 2.14. The van der Waals surface area contributed by atoms with Crippen LogP contribution in [0.25, 0.3) is 11.4 Å². The SMILES string of the molecule is Cc1ccccc1-c1nnn(CC(=O)N(C)Cc2ccc(Cl)c(Cl)c2)n1. The Balaban J connectivity index is 1.66. The van der Waals surface area contributed by atoms with E-state index in [1.807, 2.05) is 37.3 Å². The lowest BCUT2D eigenvalue weighted by molar-refractivity contribution is -0.131. The molecule has 0 spiro atoms.